The van der Waals surface area contributed by atoms with Gasteiger partial charge in [-0.05, 0) is 36.8 Å². The van der Waals surface area contributed by atoms with Gasteiger partial charge in [-0.15, -0.1) is 0 Å². The number of nitriles is 1. The molecule has 0 atom stereocenters. The standard InChI is InChI=1S/C12H10N6O.C12H13N5O3S/c1-18-11-7(10(17-18)12(14)19)3-2-6-5-15-8(4-13)16-9(6)11;1-17-10-7(9(16-17)11(13)18)4-3-6-5-14-12(15-8(6)10)21(2,19)20/h5H,2-3H2,1H3,(H2,14,19);5H,3-4H2,1-2H3,(H2,13,18). The number of carbonyl (C=O) groups excluding carboxylic acids is 2. The number of hydrogen-bond donors (Lipinski definition) is 2. The van der Waals surface area contributed by atoms with Crippen LogP contribution in [0.5, 0.6) is 0 Å². The summed E-state index contributed by atoms with van der Waals surface area (Å²) in [5.74, 6) is -1.05. The fourth-order valence-corrected chi connectivity index (χ4v) is 5.42. The van der Waals surface area contributed by atoms with Gasteiger partial charge in [0.2, 0.25) is 20.8 Å². The van der Waals surface area contributed by atoms with Crippen molar-refractivity contribution in [1.82, 2.24) is 39.5 Å². The lowest BCUT2D eigenvalue weighted by Crippen LogP contribution is -2.16. The minimum atomic E-state index is -3.50. The van der Waals surface area contributed by atoms with Crippen molar-refractivity contribution < 1.29 is 18.0 Å². The summed E-state index contributed by atoms with van der Waals surface area (Å²) >= 11 is 0. The van der Waals surface area contributed by atoms with Crippen LogP contribution in [0.1, 0.15) is 49.1 Å². The second-order valence-corrected chi connectivity index (χ2v) is 11.2. The maximum absolute atomic E-state index is 11.6. The number of primary amides is 2. The molecule has 0 spiro atoms. The monoisotopic (exact) mass is 561 g/mol. The summed E-state index contributed by atoms with van der Waals surface area (Å²) in [7, 11) is -0.105. The molecule has 2 amide bonds. The Bertz CT molecular complexity index is 1880. The molecule has 16 heteroatoms. The highest BCUT2D eigenvalue weighted by atomic mass is 32.2. The SMILES string of the molecule is Cn1nc(C(N)=O)c2c1-c1nc(C#N)ncc1CC2.Cn1nc(C(N)=O)c2c1-c1nc(S(C)(=O)=O)ncc1CC2. The maximum atomic E-state index is 11.6. The van der Waals surface area contributed by atoms with Crippen LogP contribution in [0, 0.1) is 11.3 Å². The van der Waals surface area contributed by atoms with Gasteiger partial charge in [-0.25, -0.2) is 28.4 Å². The zero-order chi connectivity index (χ0) is 28.9. The van der Waals surface area contributed by atoms with E-state index in [1.54, 1.807) is 25.0 Å². The molecule has 0 saturated carbocycles. The average Bonchev–Trinajstić information content (AvgIpc) is 3.45. The average molecular weight is 562 g/mol. The van der Waals surface area contributed by atoms with Crippen LogP contribution in [0.25, 0.3) is 22.8 Å². The Hall–Kier alpha value is -5.04. The van der Waals surface area contributed by atoms with Gasteiger partial charge < -0.3 is 11.5 Å². The van der Waals surface area contributed by atoms with Gasteiger partial charge in [0.05, 0.1) is 22.8 Å². The van der Waals surface area contributed by atoms with Gasteiger partial charge in [-0.2, -0.15) is 15.5 Å². The number of fused-ring (bicyclic) bond motifs is 6. The van der Waals surface area contributed by atoms with Gasteiger partial charge in [0.25, 0.3) is 11.8 Å². The molecule has 0 radical (unpaired) electrons. The molecule has 0 aliphatic heterocycles. The number of nitrogens with two attached hydrogens (primary N) is 2. The number of sulfone groups is 1. The topological polar surface area (TPSA) is 231 Å². The number of carbonyl (C=O) groups is 2. The lowest BCUT2D eigenvalue weighted by Gasteiger charge is -2.16. The molecule has 2 aliphatic rings. The lowest BCUT2D eigenvalue weighted by molar-refractivity contribution is 0.0985. The van der Waals surface area contributed by atoms with Gasteiger partial charge in [-0.1, -0.05) is 0 Å². The van der Waals surface area contributed by atoms with Crippen LogP contribution in [0.4, 0.5) is 0 Å². The third kappa shape index (κ3) is 4.45. The van der Waals surface area contributed by atoms with Crippen LogP contribution >= 0.6 is 0 Å². The van der Waals surface area contributed by atoms with Crippen molar-refractivity contribution in [1.29, 1.82) is 5.26 Å². The van der Waals surface area contributed by atoms with E-state index in [-0.39, 0.29) is 22.4 Å². The summed E-state index contributed by atoms with van der Waals surface area (Å²) in [4.78, 5) is 39.0. The van der Waals surface area contributed by atoms with Crippen molar-refractivity contribution >= 4 is 21.7 Å². The number of hydrogen-bond acceptors (Lipinski definition) is 11. The molecule has 0 unspecified atom stereocenters. The van der Waals surface area contributed by atoms with Gasteiger partial charge in [-0.3, -0.25) is 19.0 Å². The highest BCUT2D eigenvalue weighted by molar-refractivity contribution is 7.90. The molecule has 0 bridgehead atoms. The van der Waals surface area contributed by atoms with Crippen LogP contribution in [0.2, 0.25) is 0 Å². The van der Waals surface area contributed by atoms with Crippen molar-refractivity contribution in [3.05, 3.63) is 51.9 Å². The molecular formula is C24H23N11O4S. The minimum Gasteiger partial charge on any atom is -0.364 e. The summed E-state index contributed by atoms with van der Waals surface area (Å²) in [6.07, 6.45) is 6.80. The molecule has 4 heterocycles. The molecule has 4 aromatic heterocycles. The van der Waals surface area contributed by atoms with Gasteiger partial charge in [0, 0.05) is 43.9 Å². The molecule has 15 nitrogen and oxygen atoms in total. The molecule has 0 saturated heterocycles. The number of aromatic nitrogens is 8. The highest BCUT2D eigenvalue weighted by Crippen LogP contribution is 2.34. The van der Waals surface area contributed by atoms with Crippen molar-refractivity contribution in [3.8, 4) is 28.8 Å². The number of rotatable bonds is 3. The van der Waals surface area contributed by atoms with E-state index in [1.807, 2.05) is 6.07 Å². The number of nitrogens with zero attached hydrogens (tertiary/aromatic N) is 9. The predicted molar refractivity (Wildman–Crippen MR) is 138 cm³/mol. The zero-order valence-electron chi connectivity index (χ0n) is 21.7. The van der Waals surface area contributed by atoms with Gasteiger partial charge in [0.15, 0.2) is 11.4 Å². The third-order valence-electron chi connectivity index (χ3n) is 6.63. The fraction of sp³-hybridized carbons (Fsp3) is 0.292. The van der Waals surface area contributed by atoms with Crippen molar-refractivity contribution in [2.75, 3.05) is 6.26 Å². The summed E-state index contributed by atoms with van der Waals surface area (Å²) in [6.45, 7) is 0. The van der Waals surface area contributed by atoms with Crippen LogP contribution < -0.4 is 11.5 Å². The molecular weight excluding hydrogens is 538 g/mol. The number of aryl methyl sites for hydroxylation is 4. The van der Waals surface area contributed by atoms with Crippen LogP contribution in [-0.4, -0.2) is 66.0 Å². The first-order valence-electron chi connectivity index (χ1n) is 11.9. The Morgan fingerprint density at radius 3 is 1.77 bits per heavy atom. The molecule has 4 N–H and O–H groups in total. The van der Waals surface area contributed by atoms with Gasteiger partial charge >= 0.3 is 0 Å². The Morgan fingerprint density at radius 1 is 0.850 bits per heavy atom. The Kier molecular flexibility index (Phi) is 6.38. The normalized spacial score (nSPS) is 13.1. The van der Waals surface area contributed by atoms with Crippen molar-refractivity contribution in [3.63, 3.8) is 0 Å². The van der Waals surface area contributed by atoms with Crippen molar-refractivity contribution in [2.24, 2.45) is 25.6 Å². The Balaban J connectivity index is 0.000000162. The first kappa shape index (κ1) is 26.6. The summed E-state index contributed by atoms with van der Waals surface area (Å²) in [6, 6.07) is 1.91. The summed E-state index contributed by atoms with van der Waals surface area (Å²) in [5, 5.41) is 16.9. The van der Waals surface area contributed by atoms with E-state index in [4.69, 9.17) is 16.7 Å². The maximum Gasteiger partial charge on any atom is 0.269 e. The van der Waals surface area contributed by atoms with Crippen molar-refractivity contribution in [2.45, 2.75) is 30.8 Å². The highest BCUT2D eigenvalue weighted by Gasteiger charge is 2.29. The Labute approximate surface area is 227 Å². The first-order chi connectivity index (χ1) is 18.9. The largest absolute Gasteiger partial charge is 0.364 e. The summed E-state index contributed by atoms with van der Waals surface area (Å²) < 4.78 is 26.3. The number of amides is 2. The third-order valence-corrected chi connectivity index (χ3v) is 7.49. The minimum absolute atomic E-state index is 0.105. The van der Waals surface area contributed by atoms with Crippen LogP contribution in [-0.2, 0) is 49.6 Å². The van der Waals surface area contributed by atoms with E-state index in [0.717, 1.165) is 28.6 Å². The summed E-state index contributed by atoms with van der Waals surface area (Å²) in [5.41, 5.74) is 16.9. The molecule has 0 fully saturated rings. The predicted octanol–water partition coefficient (Wildman–Crippen LogP) is -0.576. The van der Waals surface area contributed by atoms with E-state index >= 15 is 0 Å². The van der Waals surface area contributed by atoms with E-state index in [0.29, 0.717) is 48.3 Å². The molecule has 40 heavy (non-hydrogen) atoms. The first-order valence-corrected chi connectivity index (χ1v) is 13.8. The smallest absolute Gasteiger partial charge is 0.269 e. The van der Waals surface area contributed by atoms with Crippen LogP contribution in [0.3, 0.4) is 0 Å². The quantitative estimate of drug-likeness (QED) is 0.300. The Morgan fingerprint density at radius 2 is 1.32 bits per heavy atom. The zero-order valence-corrected chi connectivity index (χ0v) is 22.5. The second kappa shape index (κ2) is 9.61. The van der Waals surface area contributed by atoms with E-state index in [1.165, 1.54) is 10.9 Å². The molecule has 4 aromatic rings. The van der Waals surface area contributed by atoms with E-state index in [2.05, 4.69) is 30.1 Å². The van der Waals surface area contributed by atoms with E-state index < -0.39 is 21.7 Å². The molecule has 204 valence electrons. The fourth-order valence-electron chi connectivity index (χ4n) is 4.92. The van der Waals surface area contributed by atoms with Crippen LogP contribution in [0.15, 0.2) is 17.6 Å². The molecule has 2 aliphatic carbocycles. The second-order valence-electron chi connectivity index (χ2n) is 9.31. The van der Waals surface area contributed by atoms with E-state index in [9.17, 15) is 18.0 Å². The van der Waals surface area contributed by atoms with Gasteiger partial charge in [0.1, 0.15) is 6.07 Å². The molecule has 6 rings (SSSR count). The molecule has 0 aromatic carbocycles. The lowest BCUT2D eigenvalue weighted by atomic mass is 9.93.